The van der Waals surface area contributed by atoms with Gasteiger partial charge in [0.2, 0.25) is 0 Å². The fourth-order valence-electron chi connectivity index (χ4n) is 2.53. The van der Waals surface area contributed by atoms with Crippen molar-refractivity contribution < 1.29 is 4.74 Å². The standard InChI is InChI=1S/C19H28N6O.HI/c1-7-10-20-19(21-12-18-24-23-15(4)25(18)5)22-14(3)16-11-13(2)8-9-17(16)26-6;/h7-9,11,14H,1,10,12H2,2-6H3,(H2,20,21,22);1H. The number of rotatable bonds is 7. The molecule has 148 valence electrons. The summed E-state index contributed by atoms with van der Waals surface area (Å²) < 4.78 is 7.43. The van der Waals surface area contributed by atoms with Crippen molar-refractivity contribution >= 4 is 29.9 Å². The molecule has 0 aliphatic heterocycles. The van der Waals surface area contributed by atoms with Crippen molar-refractivity contribution in [1.29, 1.82) is 0 Å². The molecule has 2 rings (SSSR count). The summed E-state index contributed by atoms with van der Waals surface area (Å²) >= 11 is 0. The molecular weight excluding hydrogens is 455 g/mol. The molecule has 0 radical (unpaired) electrons. The number of methoxy groups -OCH3 is 1. The predicted molar refractivity (Wildman–Crippen MR) is 120 cm³/mol. The van der Waals surface area contributed by atoms with Crippen LogP contribution in [0.25, 0.3) is 0 Å². The molecule has 2 aromatic rings. The van der Waals surface area contributed by atoms with Gasteiger partial charge in [-0.05, 0) is 26.8 Å². The van der Waals surface area contributed by atoms with E-state index in [1.54, 1.807) is 13.2 Å². The Labute approximate surface area is 178 Å². The molecule has 27 heavy (non-hydrogen) atoms. The molecule has 1 heterocycles. The number of aryl methyl sites for hydroxylation is 2. The average Bonchev–Trinajstić information content (AvgIpc) is 2.95. The van der Waals surface area contributed by atoms with E-state index in [1.165, 1.54) is 5.56 Å². The van der Waals surface area contributed by atoms with Crippen molar-refractivity contribution in [2.45, 2.75) is 33.4 Å². The molecule has 0 aliphatic carbocycles. The van der Waals surface area contributed by atoms with Crippen molar-refractivity contribution in [1.82, 2.24) is 25.4 Å². The Morgan fingerprint density at radius 2 is 2.11 bits per heavy atom. The topological polar surface area (TPSA) is 76.4 Å². The van der Waals surface area contributed by atoms with E-state index in [2.05, 4.69) is 52.3 Å². The van der Waals surface area contributed by atoms with Crippen LogP contribution in [0.5, 0.6) is 5.75 Å². The maximum atomic E-state index is 5.49. The zero-order chi connectivity index (χ0) is 19.1. The third kappa shape index (κ3) is 6.23. The van der Waals surface area contributed by atoms with Crippen LogP contribution in [0.2, 0.25) is 0 Å². The average molecular weight is 484 g/mol. The van der Waals surface area contributed by atoms with Crippen molar-refractivity contribution in [3.05, 3.63) is 53.6 Å². The Morgan fingerprint density at radius 3 is 2.70 bits per heavy atom. The van der Waals surface area contributed by atoms with Crippen LogP contribution >= 0.6 is 24.0 Å². The van der Waals surface area contributed by atoms with Crippen molar-refractivity contribution in [3.8, 4) is 5.75 Å². The highest BCUT2D eigenvalue weighted by atomic mass is 127. The van der Waals surface area contributed by atoms with Crippen molar-refractivity contribution in [3.63, 3.8) is 0 Å². The van der Waals surface area contributed by atoms with Crippen LogP contribution < -0.4 is 15.4 Å². The monoisotopic (exact) mass is 484 g/mol. The van der Waals surface area contributed by atoms with Crippen molar-refractivity contribution in [2.75, 3.05) is 13.7 Å². The molecule has 1 unspecified atom stereocenters. The Balaban J connectivity index is 0.00000364. The fraction of sp³-hybridized carbons (Fsp3) is 0.421. The molecule has 0 fully saturated rings. The van der Waals surface area contributed by atoms with Gasteiger partial charge in [-0.15, -0.1) is 40.8 Å². The lowest BCUT2D eigenvalue weighted by atomic mass is 10.0. The number of hydrogen-bond acceptors (Lipinski definition) is 4. The Hall–Kier alpha value is -2.10. The molecule has 0 amide bonds. The second-order valence-electron chi connectivity index (χ2n) is 6.17. The third-order valence-corrected chi connectivity index (χ3v) is 4.18. The maximum Gasteiger partial charge on any atom is 0.192 e. The SMILES string of the molecule is C=CCNC(=NCc1nnc(C)n1C)NC(C)c1cc(C)ccc1OC.I. The molecule has 2 N–H and O–H groups in total. The van der Waals surface area contributed by atoms with Gasteiger partial charge in [0.05, 0.1) is 13.2 Å². The summed E-state index contributed by atoms with van der Waals surface area (Å²) in [4.78, 5) is 4.63. The molecule has 8 heteroatoms. The lowest BCUT2D eigenvalue weighted by molar-refractivity contribution is 0.405. The summed E-state index contributed by atoms with van der Waals surface area (Å²) in [6.45, 7) is 10.9. The van der Waals surface area contributed by atoms with Crippen LogP contribution in [-0.2, 0) is 13.6 Å². The van der Waals surface area contributed by atoms with E-state index >= 15 is 0 Å². The molecular formula is C19H29IN6O. The van der Waals surface area contributed by atoms with E-state index in [9.17, 15) is 0 Å². The van der Waals surface area contributed by atoms with Gasteiger partial charge in [0.25, 0.3) is 0 Å². The van der Waals surface area contributed by atoms with Crippen LogP contribution in [0.4, 0.5) is 0 Å². The lowest BCUT2D eigenvalue weighted by Crippen LogP contribution is -2.39. The van der Waals surface area contributed by atoms with E-state index in [4.69, 9.17) is 4.74 Å². The van der Waals surface area contributed by atoms with Gasteiger partial charge in [0.1, 0.15) is 18.1 Å². The van der Waals surface area contributed by atoms with Crippen LogP contribution in [0, 0.1) is 13.8 Å². The highest BCUT2D eigenvalue weighted by molar-refractivity contribution is 14.0. The van der Waals surface area contributed by atoms with Crippen molar-refractivity contribution in [2.24, 2.45) is 12.0 Å². The molecule has 0 saturated carbocycles. The normalized spacial score (nSPS) is 12.1. The summed E-state index contributed by atoms with van der Waals surface area (Å²) in [7, 11) is 3.62. The van der Waals surface area contributed by atoms with Gasteiger partial charge < -0.3 is 19.9 Å². The van der Waals surface area contributed by atoms with Crippen LogP contribution in [0.15, 0.2) is 35.8 Å². The van der Waals surface area contributed by atoms with Crippen LogP contribution in [0.3, 0.4) is 0 Å². The number of aromatic nitrogens is 3. The summed E-state index contributed by atoms with van der Waals surface area (Å²) in [6.07, 6.45) is 1.79. The first-order chi connectivity index (χ1) is 12.5. The van der Waals surface area contributed by atoms with Gasteiger partial charge in [-0.3, -0.25) is 0 Å². The number of nitrogens with zero attached hydrogens (tertiary/aromatic N) is 4. The Morgan fingerprint density at radius 1 is 1.37 bits per heavy atom. The van der Waals surface area contributed by atoms with E-state index in [-0.39, 0.29) is 30.0 Å². The van der Waals surface area contributed by atoms with Gasteiger partial charge in [0, 0.05) is 19.2 Å². The summed E-state index contributed by atoms with van der Waals surface area (Å²) in [5.41, 5.74) is 2.26. The third-order valence-electron chi connectivity index (χ3n) is 4.18. The van der Waals surface area contributed by atoms with E-state index in [0.29, 0.717) is 19.0 Å². The summed E-state index contributed by atoms with van der Waals surface area (Å²) in [6, 6.07) is 6.16. The molecule has 1 aromatic heterocycles. The highest BCUT2D eigenvalue weighted by Gasteiger charge is 2.14. The minimum absolute atomic E-state index is 0. The van der Waals surface area contributed by atoms with E-state index in [1.807, 2.05) is 30.7 Å². The zero-order valence-electron chi connectivity index (χ0n) is 16.6. The van der Waals surface area contributed by atoms with Crippen LogP contribution in [-0.4, -0.2) is 34.4 Å². The first-order valence-electron chi connectivity index (χ1n) is 8.61. The van der Waals surface area contributed by atoms with Crippen LogP contribution in [0.1, 0.15) is 35.7 Å². The number of benzene rings is 1. The largest absolute Gasteiger partial charge is 0.496 e. The second kappa shape index (κ2) is 10.9. The molecule has 0 saturated heterocycles. The second-order valence-corrected chi connectivity index (χ2v) is 6.17. The number of guanidine groups is 1. The smallest absolute Gasteiger partial charge is 0.192 e. The number of ether oxygens (including phenoxy) is 1. The lowest BCUT2D eigenvalue weighted by Gasteiger charge is -2.20. The number of hydrogen-bond donors (Lipinski definition) is 2. The van der Waals surface area contributed by atoms with Gasteiger partial charge in [-0.25, -0.2) is 4.99 Å². The summed E-state index contributed by atoms with van der Waals surface area (Å²) in [5.74, 6) is 3.20. The van der Waals surface area contributed by atoms with E-state index in [0.717, 1.165) is 23.0 Å². The van der Waals surface area contributed by atoms with Gasteiger partial charge >= 0.3 is 0 Å². The molecule has 7 nitrogen and oxygen atoms in total. The van der Waals surface area contributed by atoms with E-state index < -0.39 is 0 Å². The first-order valence-corrected chi connectivity index (χ1v) is 8.61. The van der Waals surface area contributed by atoms with Gasteiger partial charge in [-0.2, -0.15) is 0 Å². The Bertz CT molecular complexity index is 787. The maximum absolute atomic E-state index is 5.49. The highest BCUT2D eigenvalue weighted by Crippen LogP contribution is 2.25. The molecule has 0 bridgehead atoms. The fourth-order valence-corrected chi connectivity index (χ4v) is 2.53. The molecule has 0 spiro atoms. The van der Waals surface area contributed by atoms with Gasteiger partial charge in [0.15, 0.2) is 11.8 Å². The predicted octanol–water partition coefficient (Wildman–Crippen LogP) is 3.04. The number of nitrogens with one attached hydrogen (secondary N) is 2. The number of aliphatic imine (C=N–C) groups is 1. The molecule has 1 atom stereocenters. The summed E-state index contributed by atoms with van der Waals surface area (Å²) in [5, 5.41) is 14.9. The quantitative estimate of drug-likeness (QED) is 0.274. The molecule has 1 aromatic carbocycles. The Kier molecular flexibility index (Phi) is 9.27. The minimum atomic E-state index is 0. The minimum Gasteiger partial charge on any atom is -0.496 e. The zero-order valence-corrected chi connectivity index (χ0v) is 18.9. The molecule has 0 aliphatic rings. The van der Waals surface area contributed by atoms with Gasteiger partial charge in [-0.1, -0.05) is 23.8 Å². The number of halogens is 1. The first kappa shape index (κ1) is 22.9.